The van der Waals surface area contributed by atoms with Gasteiger partial charge >= 0.3 is 23.9 Å². The predicted molar refractivity (Wildman–Crippen MR) is 67.2 cm³/mol. The third-order valence-corrected chi connectivity index (χ3v) is 2.12. The van der Waals surface area contributed by atoms with Crippen LogP contribution in [0.4, 0.5) is 0 Å². The van der Waals surface area contributed by atoms with Crippen LogP contribution in [0.3, 0.4) is 0 Å². The number of ether oxygens (including phenoxy) is 3. The molecule has 0 amide bonds. The summed E-state index contributed by atoms with van der Waals surface area (Å²) in [5.41, 5.74) is -1.74. The first kappa shape index (κ1) is 17.7. The lowest BCUT2D eigenvalue weighted by Gasteiger charge is -2.25. The van der Waals surface area contributed by atoms with Gasteiger partial charge in [-0.15, -0.1) is 0 Å². The van der Waals surface area contributed by atoms with Crippen molar-refractivity contribution >= 4 is 23.9 Å². The molecule has 0 N–H and O–H groups in total. The van der Waals surface area contributed by atoms with E-state index in [4.69, 9.17) is 4.74 Å². The van der Waals surface area contributed by atoms with E-state index in [1.54, 1.807) is 6.92 Å². The second-order valence-corrected chi connectivity index (χ2v) is 3.75. The molecular weight excluding hydrogens is 268 g/mol. The minimum absolute atomic E-state index is 0.0799. The first-order valence-corrected chi connectivity index (χ1v) is 5.68. The van der Waals surface area contributed by atoms with Crippen LogP contribution in [-0.2, 0) is 33.4 Å². The zero-order valence-corrected chi connectivity index (χ0v) is 11.3. The van der Waals surface area contributed by atoms with Crippen LogP contribution in [-0.4, -0.2) is 36.1 Å². The van der Waals surface area contributed by atoms with E-state index in [9.17, 15) is 19.2 Å². The second-order valence-electron chi connectivity index (χ2n) is 3.75. The molecule has 0 aromatic heterocycles. The molecular formula is C13H16O7. The smallest absolute Gasteiger partial charge is 0.346 e. The Morgan fingerprint density at radius 1 is 1.05 bits per heavy atom. The fraction of sp³-hybridized carbons (Fsp3) is 0.385. The van der Waals surface area contributed by atoms with E-state index in [0.717, 1.165) is 12.2 Å². The van der Waals surface area contributed by atoms with E-state index in [1.807, 2.05) is 0 Å². The molecule has 0 saturated carbocycles. The summed E-state index contributed by atoms with van der Waals surface area (Å²) in [6, 6.07) is 0. The van der Waals surface area contributed by atoms with Crippen molar-refractivity contribution in [3.63, 3.8) is 0 Å². The molecule has 110 valence electrons. The fourth-order valence-corrected chi connectivity index (χ4v) is 1.21. The molecule has 7 heteroatoms. The van der Waals surface area contributed by atoms with Gasteiger partial charge in [-0.3, -0.25) is 4.79 Å². The first-order chi connectivity index (χ1) is 9.28. The van der Waals surface area contributed by atoms with Gasteiger partial charge in [0, 0.05) is 18.8 Å². The third kappa shape index (κ3) is 5.57. The molecule has 0 aliphatic carbocycles. The van der Waals surface area contributed by atoms with Crippen LogP contribution in [0.1, 0.15) is 20.3 Å². The van der Waals surface area contributed by atoms with E-state index >= 15 is 0 Å². The minimum Gasteiger partial charge on any atom is -0.390 e. The summed E-state index contributed by atoms with van der Waals surface area (Å²) < 4.78 is 13.9. The Labute approximate surface area is 116 Å². The van der Waals surface area contributed by atoms with Crippen LogP contribution in [0.15, 0.2) is 25.3 Å². The molecule has 0 saturated heterocycles. The molecule has 1 unspecified atom stereocenters. The average molecular weight is 284 g/mol. The number of hydrogen-bond acceptors (Lipinski definition) is 7. The Morgan fingerprint density at radius 3 is 2.00 bits per heavy atom. The van der Waals surface area contributed by atoms with Gasteiger partial charge < -0.3 is 14.2 Å². The molecule has 0 radical (unpaired) electrons. The van der Waals surface area contributed by atoms with Gasteiger partial charge in [0.15, 0.2) is 5.60 Å². The summed E-state index contributed by atoms with van der Waals surface area (Å²) in [6.45, 7) is 9.17. The molecule has 0 spiro atoms. The SMILES string of the molecule is C=CC(=O)OC(=O)CC(C)(OCC)C(=O)OC(=O)C=C. The maximum absolute atomic E-state index is 11.8. The van der Waals surface area contributed by atoms with E-state index in [1.165, 1.54) is 6.92 Å². The van der Waals surface area contributed by atoms with Gasteiger partial charge in [0.2, 0.25) is 0 Å². The number of carbonyl (C=O) groups is 4. The lowest BCUT2D eigenvalue weighted by Crippen LogP contribution is -2.43. The Bertz CT molecular complexity index is 438. The van der Waals surface area contributed by atoms with E-state index < -0.39 is 35.9 Å². The molecule has 20 heavy (non-hydrogen) atoms. The normalized spacial score (nSPS) is 12.7. The van der Waals surface area contributed by atoms with Crippen molar-refractivity contribution in [2.75, 3.05) is 6.61 Å². The monoisotopic (exact) mass is 284 g/mol. The Kier molecular flexibility index (Phi) is 7.09. The molecule has 0 rings (SSSR count). The standard InChI is InChI=1S/C13H16O7/c1-5-9(14)19-11(16)8-13(4,18-7-3)12(17)20-10(15)6-2/h5-6H,1-2,7-8H2,3-4H3. The highest BCUT2D eigenvalue weighted by Crippen LogP contribution is 2.19. The Hall–Kier alpha value is -2.28. The van der Waals surface area contributed by atoms with Gasteiger partial charge in [-0.2, -0.15) is 0 Å². The summed E-state index contributed by atoms with van der Waals surface area (Å²) in [4.78, 5) is 45.1. The molecule has 0 bridgehead atoms. The number of esters is 4. The number of carbonyl (C=O) groups excluding carboxylic acids is 4. The van der Waals surface area contributed by atoms with Gasteiger partial charge in [0.05, 0.1) is 6.42 Å². The van der Waals surface area contributed by atoms with Crippen LogP contribution in [0.2, 0.25) is 0 Å². The van der Waals surface area contributed by atoms with Crippen molar-refractivity contribution in [3.8, 4) is 0 Å². The first-order valence-electron chi connectivity index (χ1n) is 5.68. The van der Waals surface area contributed by atoms with Crippen LogP contribution >= 0.6 is 0 Å². The van der Waals surface area contributed by atoms with Crippen molar-refractivity contribution in [1.82, 2.24) is 0 Å². The van der Waals surface area contributed by atoms with Gasteiger partial charge in [0.25, 0.3) is 0 Å². The van der Waals surface area contributed by atoms with E-state index in [2.05, 4.69) is 22.6 Å². The molecule has 0 aliphatic rings. The quantitative estimate of drug-likeness (QED) is 0.385. The Morgan fingerprint density at radius 2 is 1.55 bits per heavy atom. The molecule has 1 atom stereocenters. The Balaban J connectivity index is 4.90. The van der Waals surface area contributed by atoms with E-state index in [0.29, 0.717) is 0 Å². The third-order valence-electron chi connectivity index (χ3n) is 2.12. The van der Waals surface area contributed by atoms with Crippen LogP contribution in [0.25, 0.3) is 0 Å². The van der Waals surface area contributed by atoms with Crippen LogP contribution in [0.5, 0.6) is 0 Å². The highest BCUT2D eigenvalue weighted by atomic mass is 16.6. The van der Waals surface area contributed by atoms with Gasteiger partial charge in [0.1, 0.15) is 0 Å². The topological polar surface area (TPSA) is 96.0 Å². The molecule has 0 aliphatic heterocycles. The van der Waals surface area contributed by atoms with Crippen LogP contribution in [0, 0.1) is 0 Å². The van der Waals surface area contributed by atoms with Gasteiger partial charge in [-0.05, 0) is 13.8 Å². The van der Waals surface area contributed by atoms with Gasteiger partial charge in [-0.1, -0.05) is 13.2 Å². The highest BCUT2D eigenvalue weighted by molar-refractivity contribution is 5.98. The van der Waals surface area contributed by atoms with Crippen molar-refractivity contribution in [2.24, 2.45) is 0 Å². The van der Waals surface area contributed by atoms with Gasteiger partial charge in [-0.25, -0.2) is 14.4 Å². The molecule has 7 nitrogen and oxygen atoms in total. The maximum Gasteiger partial charge on any atom is 0.346 e. The fourth-order valence-electron chi connectivity index (χ4n) is 1.21. The summed E-state index contributed by atoms with van der Waals surface area (Å²) in [6.07, 6.45) is 1.00. The molecule has 0 aromatic rings. The van der Waals surface area contributed by atoms with E-state index in [-0.39, 0.29) is 6.61 Å². The average Bonchev–Trinajstić information content (AvgIpc) is 2.38. The highest BCUT2D eigenvalue weighted by Gasteiger charge is 2.40. The lowest BCUT2D eigenvalue weighted by molar-refractivity contribution is -0.181. The van der Waals surface area contributed by atoms with Crippen molar-refractivity contribution < 1.29 is 33.4 Å². The van der Waals surface area contributed by atoms with Crippen molar-refractivity contribution in [1.29, 1.82) is 0 Å². The van der Waals surface area contributed by atoms with Crippen molar-refractivity contribution in [2.45, 2.75) is 25.9 Å². The summed E-state index contributed by atoms with van der Waals surface area (Å²) in [5.74, 6) is -4.01. The lowest BCUT2D eigenvalue weighted by atomic mass is 10.0. The van der Waals surface area contributed by atoms with Crippen molar-refractivity contribution in [3.05, 3.63) is 25.3 Å². The molecule has 0 aromatic carbocycles. The summed E-state index contributed by atoms with van der Waals surface area (Å²) in [5, 5.41) is 0. The zero-order chi connectivity index (χ0) is 15.8. The number of hydrogen-bond donors (Lipinski definition) is 0. The molecule has 0 heterocycles. The summed E-state index contributed by atoms with van der Waals surface area (Å²) >= 11 is 0. The number of rotatable bonds is 7. The maximum atomic E-state index is 11.8. The second kappa shape index (κ2) is 8.00. The largest absolute Gasteiger partial charge is 0.390 e. The summed E-state index contributed by atoms with van der Waals surface area (Å²) in [7, 11) is 0. The zero-order valence-electron chi connectivity index (χ0n) is 11.3. The van der Waals surface area contributed by atoms with Crippen LogP contribution < -0.4 is 0 Å². The predicted octanol–water partition coefficient (Wildman–Crippen LogP) is 0.683. The minimum atomic E-state index is -1.74. The molecule has 0 fully saturated rings.